The number of amides is 1. The summed E-state index contributed by atoms with van der Waals surface area (Å²) in [6.45, 7) is 3.90. The Hall–Kier alpha value is -1.99. The van der Waals surface area contributed by atoms with E-state index in [1.165, 1.54) is 12.1 Å². The lowest BCUT2D eigenvalue weighted by molar-refractivity contribution is -0.385. The molecule has 2 atom stereocenters. The maximum absolute atomic E-state index is 12.3. The van der Waals surface area contributed by atoms with Gasteiger partial charge in [-0.2, -0.15) is 0 Å². The molecule has 1 fully saturated rings. The molecule has 1 aromatic rings. The van der Waals surface area contributed by atoms with E-state index >= 15 is 0 Å². The summed E-state index contributed by atoms with van der Waals surface area (Å²) in [5.74, 6) is -0.286. The molecule has 0 radical (unpaired) electrons. The van der Waals surface area contributed by atoms with E-state index in [0.29, 0.717) is 17.9 Å². The molecule has 0 bridgehead atoms. The molecule has 3 N–H and O–H groups in total. The fraction of sp³-hybridized carbons (Fsp3) is 0.462. The molecule has 7 heteroatoms. The van der Waals surface area contributed by atoms with Crippen LogP contribution >= 0.6 is 0 Å². The number of hydrogen-bond acceptors (Lipinski definition) is 5. The topological polar surface area (TPSA) is 107 Å². The molecule has 1 aliphatic heterocycles. The quantitative estimate of drug-likeness (QED) is 0.638. The number of carbonyl (C=O) groups is 1. The predicted molar refractivity (Wildman–Crippen MR) is 73.4 cm³/mol. The van der Waals surface area contributed by atoms with E-state index in [1.54, 1.807) is 19.9 Å². The van der Waals surface area contributed by atoms with Crippen LogP contribution in [0.2, 0.25) is 0 Å². The van der Waals surface area contributed by atoms with Crippen LogP contribution in [-0.2, 0) is 9.53 Å². The zero-order valence-electron chi connectivity index (χ0n) is 11.4. The number of carbonyl (C=O) groups excluding carboxylic acids is 1. The van der Waals surface area contributed by atoms with Crippen LogP contribution in [0.5, 0.6) is 0 Å². The van der Waals surface area contributed by atoms with Gasteiger partial charge in [-0.1, -0.05) is 6.07 Å². The normalized spacial score (nSPS) is 25.4. The summed E-state index contributed by atoms with van der Waals surface area (Å²) in [5, 5.41) is 13.6. The number of nitro groups is 1. The van der Waals surface area contributed by atoms with Crippen molar-refractivity contribution in [3.8, 4) is 0 Å². The van der Waals surface area contributed by atoms with Crippen LogP contribution < -0.4 is 11.1 Å². The van der Waals surface area contributed by atoms with Crippen LogP contribution in [0.1, 0.15) is 12.5 Å². The third-order valence-corrected chi connectivity index (χ3v) is 3.79. The number of nitrogens with one attached hydrogen (secondary N) is 1. The Morgan fingerprint density at radius 3 is 2.85 bits per heavy atom. The number of nitrogens with two attached hydrogens (primary N) is 1. The zero-order chi connectivity index (χ0) is 14.9. The first kappa shape index (κ1) is 14.4. The van der Waals surface area contributed by atoms with Gasteiger partial charge in [0, 0.05) is 12.1 Å². The largest absolute Gasteiger partial charge is 0.379 e. The number of nitrogens with zero attached hydrogens (tertiary/aromatic N) is 1. The lowest BCUT2D eigenvalue weighted by atomic mass is 9.84. The number of hydrogen-bond donors (Lipinski definition) is 2. The fourth-order valence-corrected chi connectivity index (χ4v) is 2.14. The first-order chi connectivity index (χ1) is 9.36. The highest BCUT2D eigenvalue weighted by Gasteiger charge is 2.44. The molecule has 0 spiro atoms. The first-order valence-electron chi connectivity index (χ1n) is 6.25. The van der Waals surface area contributed by atoms with Crippen molar-refractivity contribution in [2.45, 2.75) is 19.9 Å². The number of rotatable bonds is 3. The van der Waals surface area contributed by atoms with Crippen molar-refractivity contribution < 1.29 is 14.5 Å². The van der Waals surface area contributed by atoms with Crippen LogP contribution in [-0.4, -0.2) is 30.1 Å². The first-order valence-corrected chi connectivity index (χ1v) is 6.25. The van der Waals surface area contributed by atoms with E-state index in [0.717, 1.165) is 0 Å². The van der Waals surface area contributed by atoms with Crippen molar-refractivity contribution in [1.82, 2.24) is 0 Å². The van der Waals surface area contributed by atoms with Gasteiger partial charge in [0.15, 0.2) is 0 Å². The second-order valence-electron chi connectivity index (χ2n) is 5.20. The van der Waals surface area contributed by atoms with Crippen LogP contribution in [0.4, 0.5) is 11.4 Å². The van der Waals surface area contributed by atoms with E-state index in [1.807, 2.05) is 0 Å². The van der Waals surface area contributed by atoms with Gasteiger partial charge in [-0.15, -0.1) is 0 Å². The summed E-state index contributed by atoms with van der Waals surface area (Å²) in [6, 6.07) is 4.18. The summed E-state index contributed by atoms with van der Waals surface area (Å²) in [4.78, 5) is 22.7. The molecular formula is C13H17N3O4. The van der Waals surface area contributed by atoms with Crippen molar-refractivity contribution >= 4 is 17.3 Å². The molecule has 1 amide bonds. The third kappa shape index (κ3) is 2.37. The molecule has 7 nitrogen and oxygen atoms in total. The van der Waals surface area contributed by atoms with Gasteiger partial charge >= 0.3 is 0 Å². The van der Waals surface area contributed by atoms with Crippen molar-refractivity contribution in [3.05, 3.63) is 33.9 Å². The highest BCUT2D eigenvalue weighted by molar-refractivity contribution is 5.97. The van der Waals surface area contributed by atoms with E-state index in [2.05, 4.69) is 5.32 Å². The van der Waals surface area contributed by atoms with Crippen molar-refractivity contribution in [1.29, 1.82) is 0 Å². The SMILES string of the molecule is Cc1c(NC(=O)C2(C)COCC2N)cccc1[N+](=O)[O-]. The summed E-state index contributed by atoms with van der Waals surface area (Å²) < 4.78 is 5.23. The molecule has 1 aromatic carbocycles. The van der Waals surface area contributed by atoms with Gasteiger partial charge in [0.2, 0.25) is 5.91 Å². The average molecular weight is 279 g/mol. The summed E-state index contributed by atoms with van der Waals surface area (Å²) >= 11 is 0. The van der Waals surface area contributed by atoms with Gasteiger partial charge in [0.05, 0.1) is 34.8 Å². The Labute approximate surface area is 116 Å². The van der Waals surface area contributed by atoms with E-state index in [-0.39, 0.29) is 24.2 Å². The zero-order valence-corrected chi connectivity index (χ0v) is 11.4. The number of benzene rings is 1. The molecule has 0 aliphatic carbocycles. The molecular weight excluding hydrogens is 262 g/mol. The van der Waals surface area contributed by atoms with Crippen LogP contribution in [0, 0.1) is 22.5 Å². The van der Waals surface area contributed by atoms with Crippen LogP contribution in [0.3, 0.4) is 0 Å². The van der Waals surface area contributed by atoms with Crippen LogP contribution in [0.15, 0.2) is 18.2 Å². The minimum atomic E-state index is -0.822. The molecule has 2 unspecified atom stereocenters. The van der Waals surface area contributed by atoms with E-state index < -0.39 is 10.3 Å². The predicted octanol–water partition coefficient (Wildman–Crippen LogP) is 1.21. The fourth-order valence-electron chi connectivity index (χ4n) is 2.14. The number of anilines is 1. The maximum atomic E-state index is 12.3. The number of ether oxygens (including phenoxy) is 1. The van der Waals surface area contributed by atoms with Gasteiger partial charge in [0.1, 0.15) is 0 Å². The standard InChI is InChI=1S/C13H17N3O4/c1-8-9(4-3-5-10(8)16(18)19)15-12(17)13(2)7-20-6-11(13)14/h3-5,11H,6-7,14H2,1-2H3,(H,15,17). The Balaban J connectivity index is 2.25. The lowest BCUT2D eigenvalue weighted by Crippen LogP contribution is -2.47. The van der Waals surface area contributed by atoms with Gasteiger partial charge < -0.3 is 15.8 Å². The molecule has 108 valence electrons. The molecule has 1 aliphatic rings. The van der Waals surface area contributed by atoms with Gasteiger partial charge in [-0.05, 0) is 19.9 Å². The Kier molecular flexibility index (Phi) is 3.74. The average Bonchev–Trinajstić information content (AvgIpc) is 2.73. The van der Waals surface area contributed by atoms with Gasteiger partial charge in [0.25, 0.3) is 5.69 Å². The second kappa shape index (κ2) is 5.18. The highest BCUT2D eigenvalue weighted by atomic mass is 16.6. The lowest BCUT2D eigenvalue weighted by Gasteiger charge is -2.25. The Bertz CT molecular complexity index is 561. The summed E-state index contributed by atoms with van der Waals surface area (Å²) in [5.41, 5.74) is 5.88. The van der Waals surface area contributed by atoms with Crippen molar-refractivity contribution in [2.75, 3.05) is 18.5 Å². The van der Waals surface area contributed by atoms with Gasteiger partial charge in [-0.25, -0.2) is 0 Å². The molecule has 2 rings (SSSR count). The minimum Gasteiger partial charge on any atom is -0.379 e. The molecule has 20 heavy (non-hydrogen) atoms. The molecule has 0 aromatic heterocycles. The Morgan fingerprint density at radius 1 is 1.60 bits per heavy atom. The van der Waals surface area contributed by atoms with E-state index in [9.17, 15) is 14.9 Å². The smallest absolute Gasteiger partial charge is 0.274 e. The third-order valence-electron chi connectivity index (χ3n) is 3.79. The van der Waals surface area contributed by atoms with Crippen molar-refractivity contribution in [3.63, 3.8) is 0 Å². The monoisotopic (exact) mass is 279 g/mol. The number of nitro benzene ring substituents is 1. The summed E-state index contributed by atoms with van der Waals surface area (Å²) in [6.07, 6.45) is 0. The molecule has 1 heterocycles. The minimum absolute atomic E-state index is 0.0278. The maximum Gasteiger partial charge on any atom is 0.274 e. The highest BCUT2D eigenvalue weighted by Crippen LogP contribution is 2.31. The van der Waals surface area contributed by atoms with Crippen molar-refractivity contribution in [2.24, 2.45) is 11.1 Å². The van der Waals surface area contributed by atoms with Crippen LogP contribution in [0.25, 0.3) is 0 Å². The van der Waals surface area contributed by atoms with Gasteiger partial charge in [-0.3, -0.25) is 14.9 Å². The molecule has 0 saturated carbocycles. The van der Waals surface area contributed by atoms with E-state index in [4.69, 9.17) is 10.5 Å². The Morgan fingerprint density at radius 2 is 2.30 bits per heavy atom. The summed E-state index contributed by atoms with van der Waals surface area (Å²) in [7, 11) is 0. The molecule has 1 saturated heterocycles. The second-order valence-corrected chi connectivity index (χ2v) is 5.20.